The first-order valence-corrected chi connectivity index (χ1v) is 11.3. The van der Waals surface area contributed by atoms with E-state index in [0.29, 0.717) is 38.5 Å². The number of aliphatic hydroxyl groups excluding tert-OH is 1. The SMILES string of the molecule is O=C(NC1CCC(O)CC1)C1CCCN(S(=O)(=O)c2cccc(OC(F)(F)F)c2)C1. The lowest BCUT2D eigenvalue weighted by molar-refractivity contribution is -0.274. The van der Waals surface area contributed by atoms with E-state index < -0.39 is 28.1 Å². The highest BCUT2D eigenvalue weighted by atomic mass is 32.2. The summed E-state index contributed by atoms with van der Waals surface area (Å²) in [4.78, 5) is 12.3. The van der Waals surface area contributed by atoms with Crippen molar-refractivity contribution in [2.75, 3.05) is 13.1 Å². The van der Waals surface area contributed by atoms with Crippen molar-refractivity contribution in [1.82, 2.24) is 9.62 Å². The summed E-state index contributed by atoms with van der Waals surface area (Å²) < 4.78 is 68.1. The third-order valence-corrected chi connectivity index (χ3v) is 7.34. The molecule has 1 amide bonds. The predicted octanol–water partition coefficient (Wildman–Crippen LogP) is 2.41. The molecule has 2 fully saturated rings. The van der Waals surface area contributed by atoms with Gasteiger partial charge >= 0.3 is 6.36 Å². The van der Waals surface area contributed by atoms with Crippen molar-refractivity contribution in [3.63, 3.8) is 0 Å². The van der Waals surface area contributed by atoms with E-state index in [2.05, 4.69) is 10.1 Å². The van der Waals surface area contributed by atoms with Crippen LogP contribution in [0.2, 0.25) is 0 Å². The summed E-state index contributed by atoms with van der Waals surface area (Å²) in [6, 6.07) is 4.21. The van der Waals surface area contributed by atoms with Crippen LogP contribution < -0.4 is 10.1 Å². The maximum atomic E-state index is 12.9. The Labute approximate surface area is 173 Å². The maximum Gasteiger partial charge on any atom is 0.573 e. The number of sulfonamides is 1. The van der Waals surface area contributed by atoms with Gasteiger partial charge in [-0.2, -0.15) is 4.31 Å². The highest BCUT2D eigenvalue weighted by Gasteiger charge is 2.35. The number of ether oxygens (including phenoxy) is 1. The van der Waals surface area contributed by atoms with Crippen molar-refractivity contribution in [2.24, 2.45) is 5.92 Å². The van der Waals surface area contributed by atoms with Crippen LogP contribution in [0.5, 0.6) is 5.75 Å². The van der Waals surface area contributed by atoms with Crippen molar-refractivity contribution in [2.45, 2.75) is 61.9 Å². The quantitative estimate of drug-likeness (QED) is 0.718. The summed E-state index contributed by atoms with van der Waals surface area (Å²) >= 11 is 0. The topological polar surface area (TPSA) is 95.9 Å². The van der Waals surface area contributed by atoms with E-state index in [4.69, 9.17) is 0 Å². The van der Waals surface area contributed by atoms with E-state index >= 15 is 0 Å². The molecule has 0 aromatic heterocycles. The molecule has 30 heavy (non-hydrogen) atoms. The number of aliphatic hydroxyl groups is 1. The van der Waals surface area contributed by atoms with Crippen molar-refractivity contribution in [3.8, 4) is 5.75 Å². The molecule has 1 atom stereocenters. The molecule has 2 N–H and O–H groups in total. The van der Waals surface area contributed by atoms with Crippen LogP contribution in [0.25, 0.3) is 0 Å². The molecule has 1 aromatic rings. The number of hydrogen-bond donors (Lipinski definition) is 2. The summed E-state index contributed by atoms with van der Waals surface area (Å²) in [5.41, 5.74) is 0. The zero-order valence-corrected chi connectivity index (χ0v) is 17.1. The molecule has 7 nitrogen and oxygen atoms in total. The van der Waals surface area contributed by atoms with E-state index in [0.717, 1.165) is 16.4 Å². The zero-order chi connectivity index (χ0) is 21.9. The average Bonchev–Trinajstić information content (AvgIpc) is 2.69. The number of benzene rings is 1. The standard InChI is InChI=1S/C19H25F3N2O5S/c20-19(21,22)29-16-4-1-5-17(11-16)30(27,28)24-10-2-3-13(12-24)18(26)23-14-6-8-15(25)9-7-14/h1,4-5,11,13-15,25H,2-3,6-10,12H2,(H,23,26). The Morgan fingerprint density at radius 3 is 2.53 bits per heavy atom. The highest BCUT2D eigenvalue weighted by molar-refractivity contribution is 7.89. The number of halogens is 3. The number of nitrogens with zero attached hydrogens (tertiary/aromatic N) is 1. The van der Waals surface area contributed by atoms with Gasteiger partial charge in [0.2, 0.25) is 15.9 Å². The van der Waals surface area contributed by atoms with E-state index in [1.165, 1.54) is 12.1 Å². The Morgan fingerprint density at radius 1 is 1.17 bits per heavy atom. The van der Waals surface area contributed by atoms with Crippen LogP contribution in [-0.4, -0.2) is 55.3 Å². The number of rotatable bonds is 5. The number of piperidine rings is 1. The number of nitrogens with one attached hydrogen (secondary N) is 1. The lowest BCUT2D eigenvalue weighted by Crippen LogP contribution is -2.48. The first kappa shape index (κ1) is 22.8. The third kappa shape index (κ3) is 5.86. The van der Waals surface area contributed by atoms with Crippen LogP contribution in [0.1, 0.15) is 38.5 Å². The Bertz CT molecular complexity index is 854. The number of hydrogen-bond acceptors (Lipinski definition) is 5. The second kappa shape index (κ2) is 9.11. The minimum absolute atomic E-state index is 0.0339. The molecule has 168 valence electrons. The summed E-state index contributed by atoms with van der Waals surface area (Å²) in [6.07, 6.45) is -1.68. The second-order valence-corrected chi connectivity index (χ2v) is 9.68. The molecule has 2 aliphatic rings. The smallest absolute Gasteiger partial charge is 0.406 e. The van der Waals surface area contributed by atoms with E-state index in [-0.39, 0.29) is 36.0 Å². The fourth-order valence-corrected chi connectivity index (χ4v) is 5.45. The fourth-order valence-electron chi connectivity index (χ4n) is 3.89. The maximum absolute atomic E-state index is 12.9. The third-order valence-electron chi connectivity index (χ3n) is 5.47. The normalized spacial score (nSPS) is 26.2. The van der Waals surface area contributed by atoms with Crippen LogP contribution in [0, 0.1) is 5.92 Å². The van der Waals surface area contributed by atoms with Gasteiger partial charge in [0, 0.05) is 25.2 Å². The van der Waals surface area contributed by atoms with Crippen LogP contribution in [0.4, 0.5) is 13.2 Å². The average molecular weight is 450 g/mol. The van der Waals surface area contributed by atoms with Gasteiger partial charge in [0.05, 0.1) is 16.9 Å². The molecule has 0 radical (unpaired) electrons. The Morgan fingerprint density at radius 2 is 1.87 bits per heavy atom. The van der Waals surface area contributed by atoms with Crippen molar-refractivity contribution in [3.05, 3.63) is 24.3 Å². The first-order chi connectivity index (χ1) is 14.0. The molecule has 0 spiro atoms. The van der Waals surface area contributed by atoms with Gasteiger partial charge in [-0.05, 0) is 50.7 Å². The molecule has 1 aromatic carbocycles. The summed E-state index contributed by atoms with van der Waals surface area (Å²) in [7, 11) is -4.07. The van der Waals surface area contributed by atoms with Crippen LogP contribution in [0.3, 0.4) is 0 Å². The molecule has 1 saturated heterocycles. The lowest BCUT2D eigenvalue weighted by atomic mass is 9.92. The zero-order valence-electron chi connectivity index (χ0n) is 16.3. The molecule has 1 unspecified atom stereocenters. The van der Waals surface area contributed by atoms with Gasteiger partial charge in [-0.25, -0.2) is 8.42 Å². The summed E-state index contributed by atoms with van der Waals surface area (Å²) in [5, 5.41) is 12.5. The molecule has 1 aliphatic heterocycles. The largest absolute Gasteiger partial charge is 0.573 e. The van der Waals surface area contributed by atoms with Gasteiger partial charge in [-0.15, -0.1) is 13.2 Å². The van der Waals surface area contributed by atoms with E-state index in [1.807, 2.05) is 0 Å². The Balaban J connectivity index is 1.66. The van der Waals surface area contributed by atoms with Gasteiger partial charge in [0.25, 0.3) is 0 Å². The van der Waals surface area contributed by atoms with Crippen LogP contribution >= 0.6 is 0 Å². The first-order valence-electron chi connectivity index (χ1n) is 9.89. The number of carbonyl (C=O) groups excluding carboxylic acids is 1. The van der Waals surface area contributed by atoms with Crippen molar-refractivity contribution < 1.29 is 36.2 Å². The van der Waals surface area contributed by atoms with Crippen LogP contribution in [-0.2, 0) is 14.8 Å². The minimum atomic E-state index is -4.92. The molecule has 3 rings (SSSR count). The molecule has 1 saturated carbocycles. The summed E-state index contributed by atoms with van der Waals surface area (Å²) in [5.74, 6) is -1.38. The molecular weight excluding hydrogens is 425 g/mol. The van der Waals surface area contributed by atoms with Crippen molar-refractivity contribution in [1.29, 1.82) is 0 Å². The van der Waals surface area contributed by atoms with Gasteiger partial charge in [-0.1, -0.05) is 6.07 Å². The summed E-state index contributed by atoms with van der Waals surface area (Å²) in [6.45, 7) is 0.153. The molecular formula is C19H25F3N2O5S. The molecule has 1 heterocycles. The number of amides is 1. The van der Waals surface area contributed by atoms with Gasteiger partial charge < -0.3 is 15.2 Å². The highest BCUT2D eigenvalue weighted by Crippen LogP contribution is 2.29. The number of carbonyl (C=O) groups is 1. The van der Waals surface area contributed by atoms with Crippen molar-refractivity contribution >= 4 is 15.9 Å². The van der Waals surface area contributed by atoms with Crippen LogP contribution in [0.15, 0.2) is 29.2 Å². The minimum Gasteiger partial charge on any atom is -0.406 e. The Kier molecular flexibility index (Phi) is 6.93. The molecule has 0 bridgehead atoms. The number of alkyl halides is 3. The van der Waals surface area contributed by atoms with Gasteiger partial charge in [-0.3, -0.25) is 4.79 Å². The molecule has 11 heteroatoms. The fraction of sp³-hybridized carbons (Fsp3) is 0.632. The van der Waals surface area contributed by atoms with E-state index in [9.17, 15) is 31.5 Å². The Hall–Kier alpha value is -1.85. The van der Waals surface area contributed by atoms with Gasteiger partial charge in [0.15, 0.2) is 0 Å². The van der Waals surface area contributed by atoms with Gasteiger partial charge in [0.1, 0.15) is 5.75 Å². The predicted molar refractivity (Wildman–Crippen MR) is 101 cm³/mol. The van der Waals surface area contributed by atoms with E-state index in [1.54, 1.807) is 0 Å². The monoisotopic (exact) mass is 450 g/mol. The second-order valence-electron chi connectivity index (χ2n) is 7.74. The lowest BCUT2D eigenvalue weighted by Gasteiger charge is -2.33. The molecule has 1 aliphatic carbocycles.